The quantitative estimate of drug-likeness (QED) is 0.647. The summed E-state index contributed by atoms with van der Waals surface area (Å²) >= 11 is 0. The zero-order valence-electron chi connectivity index (χ0n) is 15.1. The zero-order valence-corrected chi connectivity index (χ0v) is 15.9. The van der Waals surface area contributed by atoms with Gasteiger partial charge in [-0.1, -0.05) is 48.0 Å². The highest BCUT2D eigenvalue weighted by atomic mass is 32.2. The van der Waals surface area contributed by atoms with E-state index in [2.05, 4.69) is 0 Å². The van der Waals surface area contributed by atoms with E-state index in [1.807, 2.05) is 44.2 Å². The van der Waals surface area contributed by atoms with Crippen LogP contribution in [0.5, 0.6) is 0 Å². The van der Waals surface area contributed by atoms with E-state index in [4.69, 9.17) is 4.74 Å². The molecule has 0 saturated heterocycles. The van der Waals surface area contributed by atoms with Gasteiger partial charge in [0, 0.05) is 5.39 Å². The van der Waals surface area contributed by atoms with Crippen molar-refractivity contribution in [1.82, 2.24) is 0 Å². The van der Waals surface area contributed by atoms with Crippen LogP contribution in [-0.4, -0.2) is 20.9 Å². The molecule has 1 aliphatic heterocycles. The summed E-state index contributed by atoms with van der Waals surface area (Å²) in [5.74, 6) is -0.579. The van der Waals surface area contributed by atoms with Crippen LogP contribution >= 0.6 is 0 Å². The average Bonchev–Trinajstić information content (AvgIpc) is 2.86. The minimum atomic E-state index is -3.76. The summed E-state index contributed by atoms with van der Waals surface area (Å²) in [6, 6.07) is 16.4. The van der Waals surface area contributed by atoms with Gasteiger partial charge < -0.3 is 4.74 Å². The largest absolute Gasteiger partial charge is 0.459 e. The highest BCUT2D eigenvalue weighted by Gasteiger charge is 2.36. The molecule has 0 spiro atoms. The lowest BCUT2D eigenvalue weighted by Gasteiger charge is -2.18. The molecule has 4 rings (SSSR count). The molecule has 0 atom stereocenters. The number of nitrogens with zero attached hydrogens (tertiary/aromatic N) is 1. The Morgan fingerprint density at radius 2 is 1.78 bits per heavy atom. The summed E-state index contributed by atoms with van der Waals surface area (Å²) in [7, 11) is -3.76. The smallest absolute Gasteiger partial charge is 0.327 e. The molecule has 0 fully saturated rings. The molecule has 0 aromatic heterocycles. The molecule has 0 bridgehead atoms. The molecular formula is C21H19NO4S. The number of esters is 1. The number of aryl methyl sites for hydroxylation is 2. The first-order valence-corrected chi connectivity index (χ1v) is 10.1. The molecule has 5 nitrogen and oxygen atoms in total. The van der Waals surface area contributed by atoms with Crippen LogP contribution in [0.15, 0.2) is 59.5 Å². The van der Waals surface area contributed by atoms with Crippen molar-refractivity contribution >= 4 is 32.5 Å². The number of benzene rings is 3. The van der Waals surface area contributed by atoms with Gasteiger partial charge in [0.2, 0.25) is 0 Å². The summed E-state index contributed by atoms with van der Waals surface area (Å²) in [5.41, 5.74) is 3.54. The third-order valence-electron chi connectivity index (χ3n) is 4.85. The van der Waals surface area contributed by atoms with E-state index >= 15 is 0 Å². The number of hydrogen-bond acceptors (Lipinski definition) is 4. The molecule has 138 valence electrons. The Bertz CT molecular complexity index is 1160. The van der Waals surface area contributed by atoms with Crippen molar-refractivity contribution in [3.8, 4) is 0 Å². The molecule has 1 aliphatic rings. The lowest BCUT2D eigenvalue weighted by atomic mass is 10.1. The van der Waals surface area contributed by atoms with Gasteiger partial charge >= 0.3 is 5.97 Å². The maximum Gasteiger partial charge on any atom is 0.327 e. The van der Waals surface area contributed by atoms with E-state index in [1.54, 1.807) is 24.3 Å². The van der Waals surface area contributed by atoms with E-state index < -0.39 is 16.0 Å². The van der Waals surface area contributed by atoms with E-state index in [9.17, 15) is 13.2 Å². The van der Waals surface area contributed by atoms with Crippen LogP contribution in [0.1, 0.15) is 16.7 Å². The van der Waals surface area contributed by atoms with Crippen molar-refractivity contribution < 1.29 is 17.9 Å². The fourth-order valence-electron chi connectivity index (χ4n) is 3.41. The maximum atomic E-state index is 12.9. The van der Waals surface area contributed by atoms with Crippen molar-refractivity contribution in [2.45, 2.75) is 25.3 Å². The number of carbonyl (C=O) groups excluding carboxylic acids is 1. The van der Waals surface area contributed by atoms with Crippen molar-refractivity contribution in [1.29, 1.82) is 0 Å². The molecule has 27 heavy (non-hydrogen) atoms. The Kier molecular flexibility index (Phi) is 4.15. The highest BCUT2D eigenvalue weighted by molar-refractivity contribution is 7.93. The standard InChI is InChI=1S/C21H19NO4S/c1-14-9-10-15(2)17(11-14)13-26-20(23)12-22-18-7-3-5-16-6-4-8-19(21(16)18)27(22,24)25/h3-11H,12-13H2,1-2H3. The third-order valence-corrected chi connectivity index (χ3v) is 6.65. The van der Waals surface area contributed by atoms with Crippen LogP contribution in [0.3, 0.4) is 0 Å². The van der Waals surface area contributed by atoms with Crippen LogP contribution in [0.2, 0.25) is 0 Å². The molecule has 0 radical (unpaired) electrons. The minimum absolute atomic E-state index is 0.122. The van der Waals surface area contributed by atoms with Crippen molar-refractivity contribution in [2.24, 2.45) is 0 Å². The van der Waals surface area contributed by atoms with Crippen molar-refractivity contribution in [3.63, 3.8) is 0 Å². The second kappa shape index (κ2) is 6.39. The summed E-state index contributed by atoms with van der Waals surface area (Å²) in [4.78, 5) is 12.6. The van der Waals surface area contributed by atoms with Gasteiger partial charge in [-0.25, -0.2) is 8.42 Å². The second-order valence-electron chi connectivity index (χ2n) is 6.73. The molecule has 0 amide bonds. The topological polar surface area (TPSA) is 63.7 Å². The van der Waals surface area contributed by atoms with Crippen LogP contribution < -0.4 is 4.31 Å². The van der Waals surface area contributed by atoms with Crippen LogP contribution in [0.25, 0.3) is 10.8 Å². The summed E-state index contributed by atoms with van der Waals surface area (Å²) in [6.07, 6.45) is 0. The van der Waals surface area contributed by atoms with Crippen molar-refractivity contribution in [3.05, 3.63) is 71.3 Å². The number of carbonyl (C=O) groups is 1. The molecule has 6 heteroatoms. The van der Waals surface area contributed by atoms with Crippen LogP contribution in [0, 0.1) is 13.8 Å². The minimum Gasteiger partial charge on any atom is -0.459 e. The van der Waals surface area contributed by atoms with Gasteiger partial charge in [0.05, 0.1) is 10.6 Å². The lowest BCUT2D eigenvalue weighted by molar-refractivity contribution is -0.143. The first kappa shape index (κ1) is 17.5. The number of hydrogen-bond donors (Lipinski definition) is 0. The molecule has 1 heterocycles. The molecule has 3 aromatic carbocycles. The van der Waals surface area contributed by atoms with Gasteiger partial charge in [0.25, 0.3) is 10.0 Å². The first-order chi connectivity index (χ1) is 12.9. The van der Waals surface area contributed by atoms with Gasteiger partial charge in [-0.2, -0.15) is 0 Å². The molecule has 0 aliphatic carbocycles. The maximum absolute atomic E-state index is 12.9. The van der Waals surface area contributed by atoms with Gasteiger partial charge in [-0.3, -0.25) is 9.10 Å². The van der Waals surface area contributed by atoms with Gasteiger partial charge in [0.15, 0.2) is 0 Å². The number of rotatable bonds is 4. The normalized spacial score (nSPS) is 14.5. The Labute approximate surface area is 158 Å². The summed E-state index contributed by atoms with van der Waals surface area (Å²) in [6.45, 7) is 3.70. The summed E-state index contributed by atoms with van der Waals surface area (Å²) < 4.78 is 32.3. The molecule has 0 saturated carbocycles. The van der Waals surface area contributed by atoms with E-state index in [1.165, 1.54) is 0 Å². The molecule has 3 aromatic rings. The number of sulfonamides is 1. The Balaban J connectivity index is 1.57. The van der Waals surface area contributed by atoms with Gasteiger partial charge in [-0.05, 0) is 42.5 Å². The zero-order chi connectivity index (χ0) is 19.2. The van der Waals surface area contributed by atoms with Gasteiger partial charge in [-0.15, -0.1) is 0 Å². The Morgan fingerprint density at radius 3 is 2.56 bits per heavy atom. The van der Waals surface area contributed by atoms with E-state index in [-0.39, 0.29) is 18.0 Å². The second-order valence-corrected chi connectivity index (χ2v) is 8.56. The van der Waals surface area contributed by atoms with E-state index in [0.29, 0.717) is 11.1 Å². The first-order valence-electron chi connectivity index (χ1n) is 8.64. The Hall–Kier alpha value is -2.86. The SMILES string of the molecule is Cc1ccc(C)c(COC(=O)CN2c3cccc4cccc(c34)S2(=O)=O)c1. The molecular weight excluding hydrogens is 362 g/mol. The fraction of sp³-hybridized carbons (Fsp3) is 0.190. The summed E-state index contributed by atoms with van der Waals surface area (Å²) in [5, 5.41) is 1.49. The predicted molar refractivity (Wildman–Crippen MR) is 104 cm³/mol. The van der Waals surface area contributed by atoms with E-state index in [0.717, 1.165) is 26.4 Å². The monoisotopic (exact) mass is 381 g/mol. The third kappa shape index (κ3) is 2.96. The molecule has 0 unspecified atom stereocenters. The predicted octanol–water partition coefficient (Wildman–Crippen LogP) is 3.71. The van der Waals surface area contributed by atoms with Crippen LogP contribution in [-0.2, 0) is 26.2 Å². The lowest BCUT2D eigenvalue weighted by Crippen LogP contribution is -2.33. The highest BCUT2D eigenvalue weighted by Crippen LogP contribution is 2.41. The molecule has 0 N–H and O–H groups in total. The van der Waals surface area contributed by atoms with Crippen molar-refractivity contribution in [2.75, 3.05) is 10.8 Å². The number of ether oxygens (including phenoxy) is 1. The number of anilines is 1. The van der Waals surface area contributed by atoms with Gasteiger partial charge in [0.1, 0.15) is 13.2 Å². The van der Waals surface area contributed by atoms with Crippen LogP contribution in [0.4, 0.5) is 5.69 Å². The Morgan fingerprint density at radius 1 is 1.04 bits per heavy atom. The fourth-order valence-corrected chi connectivity index (χ4v) is 5.06. The average molecular weight is 381 g/mol.